The Morgan fingerprint density at radius 1 is 1.07 bits per heavy atom. The fourth-order valence-electron chi connectivity index (χ4n) is 4.28. The van der Waals surface area contributed by atoms with Gasteiger partial charge in [0, 0.05) is 18.7 Å². The third-order valence-electron chi connectivity index (χ3n) is 5.77. The molecule has 0 spiro atoms. The Morgan fingerprint density at radius 2 is 1.87 bits per heavy atom. The summed E-state index contributed by atoms with van der Waals surface area (Å²) in [5, 5.41) is 0. The van der Waals surface area contributed by atoms with Crippen LogP contribution in [0.3, 0.4) is 0 Å². The lowest BCUT2D eigenvalue weighted by Gasteiger charge is -2.28. The van der Waals surface area contributed by atoms with E-state index >= 15 is 0 Å². The van der Waals surface area contributed by atoms with Crippen LogP contribution in [-0.4, -0.2) is 33.5 Å². The van der Waals surface area contributed by atoms with Crippen LogP contribution in [0.4, 0.5) is 0 Å². The number of nitrogens with zero attached hydrogens (tertiary/aromatic N) is 3. The summed E-state index contributed by atoms with van der Waals surface area (Å²) in [7, 11) is 0. The minimum Gasteiger partial charge on any atom is -0.454 e. The quantitative estimate of drug-likeness (QED) is 0.669. The summed E-state index contributed by atoms with van der Waals surface area (Å²) in [5.41, 5.74) is 3.49. The normalized spacial score (nSPS) is 14.6. The number of benzene rings is 2. The summed E-state index contributed by atoms with van der Waals surface area (Å²) in [5.74, 6) is 1.44. The number of carbonyl (C=O) groups is 1. The molecule has 0 saturated carbocycles. The number of hydrogen-bond donors (Lipinski definition) is 0. The van der Waals surface area contributed by atoms with Crippen molar-refractivity contribution in [1.29, 1.82) is 0 Å². The van der Waals surface area contributed by atoms with Crippen LogP contribution in [0.15, 0.2) is 53.3 Å². The highest BCUT2D eigenvalue weighted by atomic mass is 16.7. The summed E-state index contributed by atoms with van der Waals surface area (Å²) in [6, 6.07) is 15.3. The predicted octanol–water partition coefficient (Wildman–Crippen LogP) is 2.52. The molecule has 0 unspecified atom stereocenters. The van der Waals surface area contributed by atoms with Gasteiger partial charge in [-0.1, -0.05) is 24.3 Å². The molecule has 0 aliphatic carbocycles. The Morgan fingerprint density at radius 3 is 2.67 bits per heavy atom. The number of rotatable bonds is 4. The van der Waals surface area contributed by atoms with Crippen molar-refractivity contribution in [3.8, 4) is 17.2 Å². The van der Waals surface area contributed by atoms with E-state index in [0.717, 1.165) is 22.5 Å². The van der Waals surface area contributed by atoms with Crippen molar-refractivity contribution in [2.75, 3.05) is 13.3 Å². The molecule has 3 aromatic rings. The summed E-state index contributed by atoms with van der Waals surface area (Å²) < 4.78 is 14.5. The number of fused-ring (bicyclic) bond motifs is 2. The van der Waals surface area contributed by atoms with Crippen molar-refractivity contribution in [2.24, 2.45) is 0 Å². The number of para-hydroxylation sites is 1. The van der Waals surface area contributed by atoms with Crippen LogP contribution in [0.25, 0.3) is 5.69 Å². The van der Waals surface area contributed by atoms with E-state index in [1.165, 1.54) is 0 Å². The van der Waals surface area contributed by atoms with Crippen LogP contribution < -0.4 is 15.0 Å². The van der Waals surface area contributed by atoms with Crippen molar-refractivity contribution >= 4 is 5.91 Å². The topological polar surface area (TPSA) is 65.7 Å². The molecule has 30 heavy (non-hydrogen) atoms. The molecule has 154 valence electrons. The van der Waals surface area contributed by atoms with Crippen molar-refractivity contribution in [3.63, 3.8) is 0 Å². The fraction of sp³-hybridized carbons (Fsp3) is 0.304. The average molecular weight is 405 g/mol. The van der Waals surface area contributed by atoms with Gasteiger partial charge in [-0.3, -0.25) is 14.3 Å². The highest BCUT2D eigenvalue weighted by Gasteiger charge is 2.28. The Kier molecular flexibility index (Phi) is 4.58. The lowest BCUT2D eigenvalue weighted by Crippen LogP contribution is -2.38. The second kappa shape index (κ2) is 7.40. The maximum atomic E-state index is 13.1. The largest absolute Gasteiger partial charge is 0.454 e. The van der Waals surface area contributed by atoms with E-state index in [9.17, 15) is 9.59 Å². The molecular weight excluding hydrogens is 382 g/mol. The maximum Gasteiger partial charge on any atom is 0.274 e. The van der Waals surface area contributed by atoms with Gasteiger partial charge in [-0.25, -0.2) is 4.68 Å². The average Bonchev–Trinajstić information content (AvgIpc) is 3.35. The molecule has 7 heteroatoms. The van der Waals surface area contributed by atoms with E-state index in [0.29, 0.717) is 44.0 Å². The van der Waals surface area contributed by atoms with Crippen molar-refractivity contribution in [2.45, 2.75) is 32.9 Å². The summed E-state index contributed by atoms with van der Waals surface area (Å²) in [4.78, 5) is 27.9. The van der Waals surface area contributed by atoms with E-state index in [1.807, 2.05) is 65.0 Å². The number of hydrogen-bond acceptors (Lipinski definition) is 4. The zero-order valence-corrected chi connectivity index (χ0v) is 16.8. The molecule has 0 radical (unpaired) electrons. The number of aromatic nitrogens is 2. The second-order valence-electron chi connectivity index (χ2n) is 7.52. The SMILES string of the molecule is CCn1c2c(c(=O)n1-c1ccccc1)CCN(C(=O)Cc1ccc3c(c1)OCO3)C2. The van der Waals surface area contributed by atoms with Crippen LogP contribution in [0, 0.1) is 0 Å². The van der Waals surface area contributed by atoms with Gasteiger partial charge in [0.25, 0.3) is 5.56 Å². The molecule has 3 heterocycles. The fourth-order valence-corrected chi connectivity index (χ4v) is 4.28. The van der Waals surface area contributed by atoms with Crippen molar-refractivity contribution < 1.29 is 14.3 Å². The second-order valence-corrected chi connectivity index (χ2v) is 7.52. The Hall–Kier alpha value is -3.48. The van der Waals surface area contributed by atoms with Crippen LogP contribution in [0.1, 0.15) is 23.7 Å². The summed E-state index contributed by atoms with van der Waals surface area (Å²) in [6.07, 6.45) is 0.864. The maximum absolute atomic E-state index is 13.1. The molecule has 1 aromatic heterocycles. The lowest BCUT2D eigenvalue weighted by molar-refractivity contribution is -0.131. The van der Waals surface area contributed by atoms with Crippen LogP contribution in [0.5, 0.6) is 11.5 Å². The highest BCUT2D eigenvalue weighted by Crippen LogP contribution is 2.32. The number of carbonyl (C=O) groups excluding carboxylic acids is 1. The van der Waals surface area contributed by atoms with E-state index in [4.69, 9.17) is 9.47 Å². The molecule has 0 N–H and O–H groups in total. The van der Waals surface area contributed by atoms with Gasteiger partial charge in [0.2, 0.25) is 12.7 Å². The Labute approximate surface area is 174 Å². The lowest BCUT2D eigenvalue weighted by atomic mass is 10.1. The first-order valence-electron chi connectivity index (χ1n) is 10.2. The predicted molar refractivity (Wildman–Crippen MR) is 111 cm³/mol. The first-order chi connectivity index (χ1) is 14.7. The van der Waals surface area contributed by atoms with Crippen LogP contribution >= 0.6 is 0 Å². The zero-order valence-electron chi connectivity index (χ0n) is 16.8. The summed E-state index contributed by atoms with van der Waals surface area (Å²) >= 11 is 0. The monoisotopic (exact) mass is 405 g/mol. The smallest absolute Gasteiger partial charge is 0.274 e. The van der Waals surface area contributed by atoms with Gasteiger partial charge >= 0.3 is 0 Å². The number of amides is 1. The molecule has 0 saturated heterocycles. The zero-order chi connectivity index (χ0) is 20.7. The Bertz CT molecular complexity index is 1160. The molecule has 0 bridgehead atoms. The molecule has 7 nitrogen and oxygen atoms in total. The molecule has 2 aromatic carbocycles. The van der Waals surface area contributed by atoms with Gasteiger partial charge in [-0.2, -0.15) is 0 Å². The molecular formula is C23H23N3O4. The summed E-state index contributed by atoms with van der Waals surface area (Å²) in [6.45, 7) is 3.89. The molecule has 0 atom stereocenters. The third-order valence-corrected chi connectivity index (χ3v) is 5.77. The van der Waals surface area contributed by atoms with E-state index < -0.39 is 0 Å². The van der Waals surface area contributed by atoms with E-state index in [1.54, 1.807) is 4.68 Å². The first kappa shape index (κ1) is 18.5. The van der Waals surface area contributed by atoms with E-state index in [2.05, 4.69) is 0 Å². The van der Waals surface area contributed by atoms with Gasteiger partial charge in [0.1, 0.15) is 0 Å². The van der Waals surface area contributed by atoms with Gasteiger partial charge in [-0.15, -0.1) is 0 Å². The minimum absolute atomic E-state index is 0.0147. The first-order valence-corrected chi connectivity index (χ1v) is 10.2. The Balaban J connectivity index is 1.41. The van der Waals surface area contributed by atoms with Gasteiger partial charge in [0.15, 0.2) is 11.5 Å². The van der Waals surface area contributed by atoms with Crippen molar-refractivity contribution in [3.05, 3.63) is 75.7 Å². The number of ether oxygens (including phenoxy) is 2. The van der Waals surface area contributed by atoms with Crippen molar-refractivity contribution in [1.82, 2.24) is 14.3 Å². The molecule has 2 aliphatic rings. The highest BCUT2D eigenvalue weighted by molar-refractivity contribution is 5.79. The van der Waals surface area contributed by atoms with E-state index in [-0.39, 0.29) is 18.3 Å². The standard InChI is InChI=1S/C23H23N3O4/c1-2-25-19-14-24(22(27)13-16-8-9-20-21(12-16)30-15-29-20)11-10-18(19)23(28)26(25)17-6-4-3-5-7-17/h3-9,12H,2,10-11,13-15H2,1H3. The van der Waals surface area contributed by atoms with Gasteiger partial charge < -0.3 is 14.4 Å². The molecule has 0 fully saturated rings. The van der Waals surface area contributed by atoms with Crippen LogP contribution in [-0.2, 0) is 30.7 Å². The molecule has 1 amide bonds. The minimum atomic E-state index is 0.0147. The van der Waals surface area contributed by atoms with Gasteiger partial charge in [-0.05, 0) is 43.2 Å². The third kappa shape index (κ3) is 3.07. The van der Waals surface area contributed by atoms with Crippen LogP contribution in [0.2, 0.25) is 0 Å². The molecule has 2 aliphatic heterocycles. The van der Waals surface area contributed by atoms with Gasteiger partial charge in [0.05, 0.1) is 24.3 Å². The molecule has 5 rings (SSSR count).